The van der Waals surface area contributed by atoms with Crippen molar-refractivity contribution in [1.29, 1.82) is 0 Å². The highest BCUT2D eigenvalue weighted by molar-refractivity contribution is 4.95. The molecule has 1 heteroatoms. The lowest BCUT2D eigenvalue weighted by Gasteiger charge is -2.35. The maximum absolute atomic E-state index is 9.49. The molecule has 1 N–H and O–H groups in total. The molecule has 0 saturated heterocycles. The number of hydrogen-bond donors (Lipinski definition) is 1. The molecule has 0 aromatic carbocycles. The molecule has 1 nitrogen and oxygen atoms in total. The first-order chi connectivity index (χ1) is 4.27. The summed E-state index contributed by atoms with van der Waals surface area (Å²) >= 11 is 0. The summed E-state index contributed by atoms with van der Waals surface area (Å²) in [4.78, 5) is 0. The Morgan fingerprint density at radius 2 is 2.22 bits per heavy atom. The Balaban J connectivity index is 2.24. The number of aliphatic hydroxyl groups is 1. The Hall–Kier alpha value is -0.300. The van der Waals surface area contributed by atoms with Gasteiger partial charge in [-0.25, -0.2) is 0 Å². The molecule has 1 aliphatic carbocycles. The van der Waals surface area contributed by atoms with Crippen molar-refractivity contribution < 1.29 is 5.11 Å². The van der Waals surface area contributed by atoms with Crippen molar-refractivity contribution in [2.75, 3.05) is 0 Å². The number of hydrogen-bond acceptors (Lipinski definition) is 1. The second-order valence-electron chi connectivity index (χ2n) is 2.85. The second-order valence-corrected chi connectivity index (χ2v) is 2.85. The van der Waals surface area contributed by atoms with Crippen LogP contribution in [-0.4, -0.2) is 10.7 Å². The average molecular weight is 126 g/mol. The summed E-state index contributed by atoms with van der Waals surface area (Å²) in [6.07, 6.45) is 8.09. The van der Waals surface area contributed by atoms with Gasteiger partial charge in [-0.05, 0) is 32.6 Å². The van der Waals surface area contributed by atoms with Crippen molar-refractivity contribution in [3.63, 3.8) is 0 Å². The van der Waals surface area contributed by atoms with Gasteiger partial charge >= 0.3 is 0 Å². The molecule has 0 aliphatic heterocycles. The monoisotopic (exact) mass is 126 g/mol. The van der Waals surface area contributed by atoms with Crippen LogP contribution in [0.1, 0.15) is 32.6 Å². The highest BCUT2D eigenvalue weighted by Crippen LogP contribution is 2.34. The van der Waals surface area contributed by atoms with Crippen LogP contribution in [0.15, 0.2) is 12.2 Å². The number of allylic oxidation sites excluding steroid dienone is 1. The molecule has 0 heterocycles. The topological polar surface area (TPSA) is 20.2 Å². The zero-order chi connectivity index (χ0) is 6.74. The van der Waals surface area contributed by atoms with Crippen LogP contribution in [0.2, 0.25) is 0 Å². The first-order valence-corrected chi connectivity index (χ1v) is 3.60. The highest BCUT2D eigenvalue weighted by Gasteiger charge is 2.32. The molecule has 1 saturated carbocycles. The molecule has 0 atom stereocenters. The van der Waals surface area contributed by atoms with Gasteiger partial charge in [0.1, 0.15) is 0 Å². The molecular formula is C8H14O. The molecule has 1 rings (SSSR count). The third-order valence-electron chi connectivity index (χ3n) is 2.02. The summed E-state index contributed by atoms with van der Waals surface area (Å²) in [5.74, 6) is 0. The minimum atomic E-state index is -0.313. The lowest BCUT2D eigenvalue weighted by atomic mass is 9.78. The SMILES string of the molecule is C/C=C/CC1(O)CCC1. The minimum absolute atomic E-state index is 0.313. The maximum atomic E-state index is 9.49. The Labute approximate surface area is 56.4 Å². The lowest BCUT2D eigenvalue weighted by molar-refractivity contribution is -0.0299. The summed E-state index contributed by atoms with van der Waals surface area (Å²) in [7, 11) is 0. The zero-order valence-corrected chi connectivity index (χ0v) is 5.93. The van der Waals surface area contributed by atoms with Gasteiger partial charge in [0.05, 0.1) is 5.60 Å². The standard InChI is InChI=1S/C8H14O/c1-2-3-5-8(9)6-4-7-8/h2-3,9H,4-7H2,1H3/b3-2+. The Morgan fingerprint density at radius 1 is 1.56 bits per heavy atom. The Bertz CT molecular complexity index is 112. The molecule has 1 fully saturated rings. The largest absolute Gasteiger partial charge is 0.390 e. The molecule has 0 amide bonds. The van der Waals surface area contributed by atoms with E-state index in [-0.39, 0.29) is 5.60 Å². The van der Waals surface area contributed by atoms with Gasteiger partial charge in [0.25, 0.3) is 0 Å². The van der Waals surface area contributed by atoms with E-state index in [1.54, 1.807) is 0 Å². The Kier molecular flexibility index (Phi) is 1.91. The Morgan fingerprint density at radius 3 is 2.56 bits per heavy atom. The fourth-order valence-corrected chi connectivity index (χ4v) is 1.13. The van der Waals surface area contributed by atoms with E-state index in [0.717, 1.165) is 19.3 Å². The molecule has 0 radical (unpaired) electrons. The highest BCUT2D eigenvalue weighted by atomic mass is 16.3. The summed E-state index contributed by atoms with van der Waals surface area (Å²) < 4.78 is 0. The van der Waals surface area contributed by atoms with Gasteiger partial charge in [-0.1, -0.05) is 12.2 Å². The third kappa shape index (κ3) is 1.55. The summed E-state index contributed by atoms with van der Waals surface area (Å²) in [6, 6.07) is 0. The molecule has 0 aromatic rings. The van der Waals surface area contributed by atoms with Gasteiger partial charge in [-0.3, -0.25) is 0 Å². The van der Waals surface area contributed by atoms with Gasteiger partial charge < -0.3 is 5.11 Å². The number of rotatable bonds is 2. The van der Waals surface area contributed by atoms with Crippen LogP contribution in [0, 0.1) is 0 Å². The summed E-state index contributed by atoms with van der Waals surface area (Å²) in [5.41, 5.74) is -0.313. The van der Waals surface area contributed by atoms with Crippen LogP contribution in [-0.2, 0) is 0 Å². The van der Waals surface area contributed by atoms with Crippen LogP contribution in [0.25, 0.3) is 0 Å². The average Bonchev–Trinajstić information content (AvgIpc) is 1.79. The van der Waals surface area contributed by atoms with E-state index in [1.165, 1.54) is 6.42 Å². The quantitative estimate of drug-likeness (QED) is 0.560. The van der Waals surface area contributed by atoms with Crippen LogP contribution in [0.3, 0.4) is 0 Å². The van der Waals surface area contributed by atoms with E-state index in [2.05, 4.69) is 0 Å². The van der Waals surface area contributed by atoms with E-state index in [1.807, 2.05) is 19.1 Å². The van der Waals surface area contributed by atoms with Crippen molar-refractivity contribution in [1.82, 2.24) is 0 Å². The van der Waals surface area contributed by atoms with E-state index in [0.29, 0.717) is 0 Å². The predicted molar refractivity (Wildman–Crippen MR) is 38.2 cm³/mol. The van der Waals surface area contributed by atoms with Crippen LogP contribution in [0.4, 0.5) is 0 Å². The van der Waals surface area contributed by atoms with Crippen molar-refractivity contribution >= 4 is 0 Å². The van der Waals surface area contributed by atoms with Crippen LogP contribution in [0.5, 0.6) is 0 Å². The lowest BCUT2D eigenvalue weighted by Crippen LogP contribution is -2.35. The van der Waals surface area contributed by atoms with Crippen molar-refractivity contribution in [3.05, 3.63) is 12.2 Å². The van der Waals surface area contributed by atoms with E-state index in [4.69, 9.17) is 0 Å². The maximum Gasteiger partial charge on any atom is 0.0682 e. The van der Waals surface area contributed by atoms with Gasteiger partial charge in [-0.15, -0.1) is 0 Å². The van der Waals surface area contributed by atoms with E-state index in [9.17, 15) is 5.11 Å². The predicted octanol–water partition coefficient (Wildman–Crippen LogP) is 1.87. The smallest absolute Gasteiger partial charge is 0.0682 e. The first-order valence-electron chi connectivity index (χ1n) is 3.60. The van der Waals surface area contributed by atoms with Crippen LogP contribution < -0.4 is 0 Å². The first kappa shape index (κ1) is 6.81. The van der Waals surface area contributed by atoms with Crippen molar-refractivity contribution in [2.45, 2.75) is 38.2 Å². The summed E-state index contributed by atoms with van der Waals surface area (Å²) in [5, 5.41) is 9.49. The van der Waals surface area contributed by atoms with Crippen LogP contribution >= 0.6 is 0 Å². The van der Waals surface area contributed by atoms with Gasteiger partial charge in [0.15, 0.2) is 0 Å². The van der Waals surface area contributed by atoms with Crippen molar-refractivity contribution in [2.24, 2.45) is 0 Å². The van der Waals surface area contributed by atoms with E-state index >= 15 is 0 Å². The van der Waals surface area contributed by atoms with E-state index < -0.39 is 0 Å². The normalized spacial score (nSPS) is 24.2. The van der Waals surface area contributed by atoms with Gasteiger partial charge in [0, 0.05) is 0 Å². The minimum Gasteiger partial charge on any atom is -0.390 e. The molecule has 0 bridgehead atoms. The van der Waals surface area contributed by atoms with Gasteiger partial charge in [0.2, 0.25) is 0 Å². The second kappa shape index (κ2) is 2.53. The van der Waals surface area contributed by atoms with Crippen molar-refractivity contribution in [3.8, 4) is 0 Å². The van der Waals surface area contributed by atoms with Gasteiger partial charge in [-0.2, -0.15) is 0 Å². The molecule has 0 unspecified atom stereocenters. The molecular weight excluding hydrogens is 112 g/mol. The third-order valence-corrected chi connectivity index (χ3v) is 2.02. The summed E-state index contributed by atoms with van der Waals surface area (Å²) in [6.45, 7) is 1.99. The zero-order valence-electron chi connectivity index (χ0n) is 5.93. The molecule has 0 aromatic heterocycles. The molecule has 0 spiro atoms. The molecule has 9 heavy (non-hydrogen) atoms. The fraction of sp³-hybridized carbons (Fsp3) is 0.750. The molecule has 1 aliphatic rings. The fourth-order valence-electron chi connectivity index (χ4n) is 1.13. The molecule has 52 valence electrons.